The van der Waals surface area contributed by atoms with E-state index in [1.165, 1.54) is 5.56 Å². The maximum atomic E-state index is 13.1. The smallest absolute Gasteiger partial charge is 0.220 e. The Bertz CT molecular complexity index is 1370. The molecule has 0 spiro atoms. The van der Waals surface area contributed by atoms with Gasteiger partial charge in [-0.2, -0.15) is 0 Å². The zero-order valence-electron chi connectivity index (χ0n) is 20.7. The van der Waals surface area contributed by atoms with Crippen LogP contribution in [0, 0.1) is 0 Å². The lowest BCUT2D eigenvalue weighted by molar-refractivity contribution is -0.121. The largest absolute Gasteiger partial charge is 0.493 e. The zero-order valence-corrected chi connectivity index (χ0v) is 22.2. The molecule has 3 aromatic carbocycles. The highest BCUT2D eigenvalue weighted by molar-refractivity contribution is 6.42. The van der Waals surface area contributed by atoms with Gasteiger partial charge in [0.25, 0.3) is 0 Å². The number of ether oxygens (including phenoxy) is 2. The van der Waals surface area contributed by atoms with Crippen molar-refractivity contribution in [3.63, 3.8) is 0 Å². The molecule has 0 unspecified atom stereocenters. The fourth-order valence-electron chi connectivity index (χ4n) is 4.60. The van der Waals surface area contributed by atoms with Crippen LogP contribution in [0.3, 0.4) is 0 Å². The molecule has 5 nitrogen and oxygen atoms in total. The van der Waals surface area contributed by atoms with Crippen LogP contribution in [0.1, 0.15) is 41.5 Å². The van der Waals surface area contributed by atoms with Gasteiger partial charge < -0.3 is 19.8 Å². The molecule has 4 rings (SSSR count). The highest BCUT2D eigenvalue weighted by atomic mass is 35.5. The number of aryl methyl sites for hydroxylation is 1. The van der Waals surface area contributed by atoms with E-state index in [4.69, 9.17) is 32.7 Å². The molecule has 0 aliphatic rings. The monoisotopic (exact) mass is 524 g/mol. The van der Waals surface area contributed by atoms with Crippen molar-refractivity contribution in [1.82, 2.24) is 10.3 Å². The fraction of sp³-hybridized carbons (Fsp3) is 0.276. The number of para-hydroxylation sites is 1. The van der Waals surface area contributed by atoms with Gasteiger partial charge in [-0.15, -0.1) is 0 Å². The molecule has 1 aromatic heterocycles. The van der Waals surface area contributed by atoms with Crippen molar-refractivity contribution in [3.8, 4) is 11.5 Å². The number of hydrogen-bond donors (Lipinski definition) is 2. The van der Waals surface area contributed by atoms with E-state index in [-0.39, 0.29) is 18.2 Å². The average molecular weight is 525 g/mol. The predicted molar refractivity (Wildman–Crippen MR) is 147 cm³/mol. The van der Waals surface area contributed by atoms with E-state index < -0.39 is 0 Å². The van der Waals surface area contributed by atoms with Crippen LogP contribution in [0.25, 0.3) is 10.9 Å². The second-order valence-corrected chi connectivity index (χ2v) is 9.47. The van der Waals surface area contributed by atoms with E-state index in [1.807, 2.05) is 36.5 Å². The molecule has 0 aliphatic heterocycles. The van der Waals surface area contributed by atoms with Gasteiger partial charge in [0.05, 0.1) is 24.3 Å². The Morgan fingerprint density at radius 1 is 1.00 bits per heavy atom. The van der Waals surface area contributed by atoms with Gasteiger partial charge >= 0.3 is 0 Å². The Balaban J connectivity index is 1.54. The summed E-state index contributed by atoms with van der Waals surface area (Å²) < 4.78 is 10.7. The summed E-state index contributed by atoms with van der Waals surface area (Å²) in [6.45, 7) is 2.65. The normalized spacial score (nSPS) is 11.9. The number of carbonyl (C=O) groups excluding carboxylic acids is 1. The summed E-state index contributed by atoms with van der Waals surface area (Å²) in [4.78, 5) is 16.6. The van der Waals surface area contributed by atoms with Crippen LogP contribution in [0.4, 0.5) is 0 Å². The van der Waals surface area contributed by atoms with Gasteiger partial charge in [-0.1, -0.05) is 60.5 Å². The fourth-order valence-corrected chi connectivity index (χ4v) is 4.90. The Labute approximate surface area is 221 Å². The molecular weight excluding hydrogens is 495 g/mol. The lowest BCUT2D eigenvalue weighted by Gasteiger charge is -2.18. The Kier molecular flexibility index (Phi) is 8.44. The van der Waals surface area contributed by atoms with Crippen LogP contribution in [-0.4, -0.2) is 31.7 Å². The van der Waals surface area contributed by atoms with Crippen molar-refractivity contribution in [2.75, 3.05) is 20.8 Å². The van der Waals surface area contributed by atoms with Gasteiger partial charge in [-0.05, 0) is 59.4 Å². The van der Waals surface area contributed by atoms with Crippen LogP contribution in [0.5, 0.6) is 11.5 Å². The van der Waals surface area contributed by atoms with Crippen molar-refractivity contribution < 1.29 is 14.3 Å². The first-order valence-electron chi connectivity index (χ1n) is 12.0. The predicted octanol–water partition coefficient (Wildman–Crippen LogP) is 6.94. The molecule has 0 aliphatic carbocycles. The van der Waals surface area contributed by atoms with Crippen LogP contribution in [0.15, 0.2) is 60.8 Å². The molecule has 36 heavy (non-hydrogen) atoms. The lowest BCUT2D eigenvalue weighted by atomic mass is 9.87. The van der Waals surface area contributed by atoms with Gasteiger partial charge in [0.1, 0.15) is 0 Å². The van der Waals surface area contributed by atoms with E-state index >= 15 is 0 Å². The molecule has 0 radical (unpaired) electrons. The van der Waals surface area contributed by atoms with Crippen LogP contribution in [0.2, 0.25) is 10.0 Å². The van der Waals surface area contributed by atoms with Gasteiger partial charge in [0.15, 0.2) is 11.5 Å². The summed E-state index contributed by atoms with van der Waals surface area (Å²) in [6, 6.07) is 17.6. The molecule has 0 bridgehead atoms. The van der Waals surface area contributed by atoms with E-state index in [1.54, 1.807) is 20.3 Å². The number of benzene rings is 3. The third-order valence-corrected chi connectivity index (χ3v) is 7.25. The number of hydrogen-bond acceptors (Lipinski definition) is 3. The summed E-state index contributed by atoms with van der Waals surface area (Å²) in [6.07, 6.45) is 3.89. The van der Waals surface area contributed by atoms with Gasteiger partial charge in [0, 0.05) is 36.0 Å². The molecule has 0 saturated carbocycles. The number of H-pyrrole nitrogens is 1. The molecule has 1 atom stereocenters. The highest BCUT2D eigenvalue weighted by Crippen LogP contribution is 2.37. The molecule has 4 aromatic rings. The number of halogens is 2. The summed E-state index contributed by atoms with van der Waals surface area (Å²) in [5.41, 5.74) is 5.41. The zero-order chi connectivity index (χ0) is 25.7. The number of rotatable bonds is 10. The summed E-state index contributed by atoms with van der Waals surface area (Å²) in [7, 11) is 3.22. The van der Waals surface area contributed by atoms with E-state index in [9.17, 15) is 4.79 Å². The minimum Gasteiger partial charge on any atom is -0.493 e. The van der Waals surface area contributed by atoms with Gasteiger partial charge in [-0.25, -0.2) is 0 Å². The minimum atomic E-state index is -0.179. The Hall–Kier alpha value is -3.15. The SMILES string of the molecule is CCc1cccc2c([C@H](CC(=O)NCCc3ccc(OC)c(OC)c3)c3ccc(Cl)c(Cl)c3)c[nH]c12. The first-order valence-corrected chi connectivity index (χ1v) is 12.7. The third kappa shape index (κ3) is 5.63. The average Bonchev–Trinajstić information content (AvgIpc) is 3.33. The summed E-state index contributed by atoms with van der Waals surface area (Å²) >= 11 is 12.5. The molecular formula is C29H30Cl2N2O3. The highest BCUT2D eigenvalue weighted by Gasteiger charge is 2.23. The molecule has 1 amide bonds. The first-order chi connectivity index (χ1) is 17.4. The molecule has 0 saturated heterocycles. The van der Waals surface area contributed by atoms with Crippen LogP contribution in [-0.2, 0) is 17.6 Å². The maximum absolute atomic E-state index is 13.1. The van der Waals surface area contributed by atoms with Crippen molar-refractivity contribution in [2.24, 2.45) is 0 Å². The molecule has 2 N–H and O–H groups in total. The number of aromatic amines is 1. The Morgan fingerprint density at radius 3 is 2.53 bits per heavy atom. The molecule has 188 valence electrons. The van der Waals surface area contributed by atoms with Crippen molar-refractivity contribution in [2.45, 2.75) is 32.1 Å². The molecule has 7 heteroatoms. The van der Waals surface area contributed by atoms with E-state index in [0.29, 0.717) is 34.5 Å². The number of carbonyl (C=O) groups is 1. The second-order valence-electron chi connectivity index (χ2n) is 8.66. The first kappa shape index (κ1) is 25.9. The quantitative estimate of drug-likeness (QED) is 0.236. The maximum Gasteiger partial charge on any atom is 0.220 e. The molecule has 1 heterocycles. The van der Waals surface area contributed by atoms with Gasteiger partial charge in [0.2, 0.25) is 5.91 Å². The number of aromatic nitrogens is 1. The third-order valence-electron chi connectivity index (χ3n) is 6.51. The molecule has 0 fully saturated rings. The number of amides is 1. The lowest BCUT2D eigenvalue weighted by Crippen LogP contribution is -2.27. The summed E-state index contributed by atoms with van der Waals surface area (Å²) in [5.74, 6) is 1.14. The second kappa shape index (κ2) is 11.7. The van der Waals surface area contributed by atoms with Gasteiger partial charge in [-0.3, -0.25) is 4.79 Å². The van der Waals surface area contributed by atoms with Crippen molar-refractivity contribution in [3.05, 3.63) is 93.1 Å². The number of fused-ring (bicyclic) bond motifs is 1. The van der Waals surface area contributed by atoms with E-state index in [2.05, 4.69) is 35.4 Å². The van der Waals surface area contributed by atoms with Crippen molar-refractivity contribution in [1.29, 1.82) is 0 Å². The topological polar surface area (TPSA) is 63.4 Å². The standard InChI is InChI=1S/C29H30Cl2N2O3/c1-4-19-6-5-7-21-23(17-33-29(19)21)22(20-9-10-24(30)25(31)15-20)16-28(34)32-13-12-18-8-11-26(35-2)27(14-18)36-3/h5-11,14-15,17,22,33H,4,12-13,16H2,1-3H3,(H,32,34)/t22-/m1/s1. The summed E-state index contributed by atoms with van der Waals surface area (Å²) in [5, 5.41) is 5.16. The minimum absolute atomic E-state index is 0.0347. The number of methoxy groups -OCH3 is 2. The van der Waals surface area contributed by atoms with Crippen molar-refractivity contribution >= 4 is 40.0 Å². The van der Waals surface area contributed by atoms with Crippen LogP contribution < -0.4 is 14.8 Å². The Morgan fingerprint density at radius 2 is 1.81 bits per heavy atom. The van der Waals surface area contributed by atoms with E-state index in [0.717, 1.165) is 34.0 Å². The van der Waals surface area contributed by atoms with Crippen LogP contribution >= 0.6 is 23.2 Å². The number of nitrogens with one attached hydrogen (secondary N) is 2.